The van der Waals surface area contributed by atoms with Crippen LogP contribution in [0.15, 0.2) is 48.9 Å². The minimum absolute atomic E-state index is 0.810. The monoisotopic (exact) mass is 348 g/mol. The minimum atomic E-state index is 0.810. The quantitative estimate of drug-likeness (QED) is 0.725. The van der Waals surface area contributed by atoms with E-state index in [1.54, 1.807) is 11.0 Å². The Kier molecular flexibility index (Phi) is 4.67. The molecule has 3 heterocycles. The van der Waals surface area contributed by atoms with Crippen LogP contribution in [0.4, 0.5) is 5.82 Å². The molecule has 0 N–H and O–H groups in total. The molecule has 0 spiro atoms. The molecule has 0 amide bonds. The van der Waals surface area contributed by atoms with Crippen LogP contribution in [-0.4, -0.2) is 50.8 Å². The average Bonchev–Trinajstić information content (AvgIpc) is 3.11. The van der Waals surface area contributed by atoms with Gasteiger partial charge in [0, 0.05) is 45.0 Å². The largest absolute Gasteiger partial charge is 0.354 e. The third-order valence-electron chi connectivity index (χ3n) is 4.82. The van der Waals surface area contributed by atoms with Gasteiger partial charge in [-0.1, -0.05) is 29.8 Å². The van der Waals surface area contributed by atoms with E-state index >= 15 is 0 Å². The summed E-state index contributed by atoms with van der Waals surface area (Å²) in [5.74, 6) is 1.78. The summed E-state index contributed by atoms with van der Waals surface area (Å²) in [4.78, 5) is 13.6. The van der Waals surface area contributed by atoms with E-state index in [0.29, 0.717) is 0 Å². The molecule has 26 heavy (non-hydrogen) atoms. The second-order valence-corrected chi connectivity index (χ2v) is 6.88. The van der Waals surface area contributed by atoms with E-state index < -0.39 is 0 Å². The van der Waals surface area contributed by atoms with Crippen molar-refractivity contribution in [3.63, 3.8) is 0 Å². The topological polar surface area (TPSA) is 50.1 Å². The first-order valence-electron chi connectivity index (χ1n) is 9.05. The summed E-state index contributed by atoms with van der Waals surface area (Å²) < 4.78 is 1.80. The Morgan fingerprint density at radius 1 is 0.885 bits per heavy atom. The van der Waals surface area contributed by atoms with Crippen molar-refractivity contribution in [1.82, 2.24) is 24.6 Å². The van der Waals surface area contributed by atoms with Crippen LogP contribution in [0.1, 0.15) is 16.8 Å². The number of hydrogen-bond donors (Lipinski definition) is 0. The Labute approximate surface area is 154 Å². The number of anilines is 1. The van der Waals surface area contributed by atoms with Gasteiger partial charge in [-0.05, 0) is 25.5 Å². The predicted molar refractivity (Wildman–Crippen MR) is 103 cm³/mol. The second-order valence-electron chi connectivity index (χ2n) is 6.88. The Morgan fingerprint density at radius 3 is 2.31 bits per heavy atom. The molecule has 6 heteroatoms. The van der Waals surface area contributed by atoms with Crippen molar-refractivity contribution in [2.75, 3.05) is 31.1 Å². The molecule has 1 aliphatic heterocycles. The molecule has 3 aromatic rings. The van der Waals surface area contributed by atoms with Crippen molar-refractivity contribution in [1.29, 1.82) is 0 Å². The van der Waals surface area contributed by atoms with Crippen LogP contribution >= 0.6 is 0 Å². The summed E-state index contributed by atoms with van der Waals surface area (Å²) in [5, 5.41) is 4.43. The molecule has 0 bridgehead atoms. The standard InChI is InChI=1S/C20H24N6/c1-16-3-5-18(6-4-16)14-24-9-11-25(12-10-24)19-13-20(22-15-21-19)26-8-7-17(2)23-26/h3-8,13,15H,9-12,14H2,1-2H3. The lowest BCUT2D eigenvalue weighted by atomic mass is 10.1. The number of hydrogen-bond acceptors (Lipinski definition) is 5. The van der Waals surface area contributed by atoms with Gasteiger partial charge in [-0.3, -0.25) is 4.90 Å². The van der Waals surface area contributed by atoms with Gasteiger partial charge in [0.1, 0.15) is 12.1 Å². The Hall–Kier alpha value is -2.73. The molecule has 1 saturated heterocycles. The van der Waals surface area contributed by atoms with E-state index in [2.05, 4.69) is 56.1 Å². The smallest absolute Gasteiger partial charge is 0.158 e. The van der Waals surface area contributed by atoms with Crippen molar-refractivity contribution in [2.45, 2.75) is 20.4 Å². The zero-order valence-corrected chi connectivity index (χ0v) is 15.3. The van der Waals surface area contributed by atoms with E-state index in [-0.39, 0.29) is 0 Å². The molecule has 0 aliphatic carbocycles. The summed E-state index contributed by atoms with van der Waals surface area (Å²) in [6, 6.07) is 12.8. The van der Waals surface area contributed by atoms with Gasteiger partial charge >= 0.3 is 0 Å². The molecule has 0 radical (unpaired) electrons. The van der Waals surface area contributed by atoms with Gasteiger partial charge in [-0.15, -0.1) is 0 Å². The first-order valence-corrected chi connectivity index (χ1v) is 9.05. The molecule has 0 atom stereocenters. The van der Waals surface area contributed by atoms with Gasteiger partial charge < -0.3 is 4.90 Å². The van der Waals surface area contributed by atoms with Crippen LogP contribution in [0.3, 0.4) is 0 Å². The highest BCUT2D eigenvalue weighted by Crippen LogP contribution is 2.17. The number of aromatic nitrogens is 4. The molecule has 1 aromatic carbocycles. The lowest BCUT2D eigenvalue weighted by Gasteiger charge is -2.35. The van der Waals surface area contributed by atoms with Gasteiger partial charge in [0.05, 0.1) is 5.69 Å². The fourth-order valence-electron chi connectivity index (χ4n) is 3.26. The number of aryl methyl sites for hydroxylation is 2. The molecule has 4 rings (SSSR count). The van der Waals surface area contributed by atoms with Crippen molar-refractivity contribution >= 4 is 5.82 Å². The Bertz CT molecular complexity index is 862. The number of benzene rings is 1. The van der Waals surface area contributed by atoms with Gasteiger partial charge in [-0.25, -0.2) is 14.6 Å². The lowest BCUT2D eigenvalue weighted by molar-refractivity contribution is 0.249. The second kappa shape index (κ2) is 7.25. The first kappa shape index (κ1) is 16.7. The summed E-state index contributed by atoms with van der Waals surface area (Å²) in [6.07, 6.45) is 3.56. The van der Waals surface area contributed by atoms with Gasteiger partial charge in [0.2, 0.25) is 0 Å². The Balaban J connectivity index is 1.39. The molecule has 0 saturated carbocycles. The maximum Gasteiger partial charge on any atom is 0.158 e. The Morgan fingerprint density at radius 2 is 1.62 bits per heavy atom. The maximum absolute atomic E-state index is 4.47. The number of piperazine rings is 1. The molecule has 134 valence electrons. The lowest BCUT2D eigenvalue weighted by Crippen LogP contribution is -2.46. The van der Waals surface area contributed by atoms with Crippen molar-refractivity contribution in [3.05, 3.63) is 65.7 Å². The highest BCUT2D eigenvalue weighted by atomic mass is 15.3. The molecule has 1 aliphatic rings. The number of nitrogens with zero attached hydrogens (tertiary/aromatic N) is 6. The van der Waals surface area contributed by atoms with Gasteiger partial charge in [0.15, 0.2) is 5.82 Å². The molecule has 1 fully saturated rings. The minimum Gasteiger partial charge on any atom is -0.354 e. The first-order chi connectivity index (χ1) is 12.7. The van der Waals surface area contributed by atoms with Crippen LogP contribution in [-0.2, 0) is 6.54 Å². The van der Waals surface area contributed by atoms with E-state index in [1.807, 2.05) is 25.3 Å². The predicted octanol–water partition coefficient (Wildman–Crippen LogP) is 2.60. The molecular weight excluding hydrogens is 324 g/mol. The highest BCUT2D eigenvalue weighted by Gasteiger charge is 2.18. The SMILES string of the molecule is Cc1ccc(CN2CCN(c3cc(-n4ccc(C)n4)ncn3)CC2)cc1. The van der Waals surface area contributed by atoms with Crippen LogP contribution in [0, 0.1) is 13.8 Å². The van der Waals surface area contributed by atoms with Crippen molar-refractivity contribution < 1.29 is 0 Å². The molecule has 6 nitrogen and oxygen atoms in total. The normalized spacial score (nSPS) is 15.4. The van der Waals surface area contributed by atoms with Gasteiger partial charge in [-0.2, -0.15) is 5.10 Å². The van der Waals surface area contributed by atoms with Crippen LogP contribution in [0.25, 0.3) is 5.82 Å². The maximum atomic E-state index is 4.47. The summed E-state index contributed by atoms with van der Waals surface area (Å²) in [7, 11) is 0. The fourth-order valence-corrected chi connectivity index (χ4v) is 3.26. The fraction of sp³-hybridized carbons (Fsp3) is 0.350. The summed E-state index contributed by atoms with van der Waals surface area (Å²) >= 11 is 0. The van der Waals surface area contributed by atoms with E-state index in [9.17, 15) is 0 Å². The number of rotatable bonds is 4. The zero-order chi connectivity index (χ0) is 17.9. The van der Waals surface area contributed by atoms with Crippen molar-refractivity contribution in [2.24, 2.45) is 0 Å². The highest BCUT2D eigenvalue weighted by molar-refractivity contribution is 5.43. The summed E-state index contributed by atoms with van der Waals surface area (Å²) in [6.45, 7) is 9.13. The van der Waals surface area contributed by atoms with E-state index in [0.717, 1.165) is 50.1 Å². The van der Waals surface area contributed by atoms with Crippen molar-refractivity contribution in [3.8, 4) is 5.82 Å². The zero-order valence-electron chi connectivity index (χ0n) is 15.3. The van der Waals surface area contributed by atoms with E-state index in [1.165, 1.54) is 11.1 Å². The molecule has 2 aromatic heterocycles. The average molecular weight is 348 g/mol. The molecular formula is C20H24N6. The van der Waals surface area contributed by atoms with Crippen LogP contribution in [0.2, 0.25) is 0 Å². The summed E-state index contributed by atoms with van der Waals surface area (Å²) in [5.41, 5.74) is 3.67. The molecule has 0 unspecified atom stereocenters. The van der Waals surface area contributed by atoms with Crippen LogP contribution < -0.4 is 4.90 Å². The third-order valence-corrected chi connectivity index (χ3v) is 4.82. The van der Waals surface area contributed by atoms with Gasteiger partial charge in [0.25, 0.3) is 0 Å². The van der Waals surface area contributed by atoms with Crippen LogP contribution in [0.5, 0.6) is 0 Å². The third kappa shape index (κ3) is 3.75. The van der Waals surface area contributed by atoms with E-state index in [4.69, 9.17) is 0 Å².